The van der Waals surface area contributed by atoms with Crippen LogP contribution in [0.2, 0.25) is 0 Å². The van der Waals surface area contributed by atoms with Crippen molar-refractivity contribution in [1.82, 2.24) is 4.90 Å². The van der Waals surface area contributed by atoms with Crippen LogP contribution in [0.1, 0.15) is 68.4 Å². The Morgan fingerprint density at radius 2 is 1.81 bits per heavy atom. The molecule has 0 N–H and O–H groups in total. The van der Waals surface area contributed by atoms with Gasteiger partial charge in [0.2, 0.25) is 0 Å². The van der Waals surface area contributed by atoms with E-state index in [1.165, 1.54) is 19.3 Å². The number of nitrogens with zero attached hydrogens (tertiary/aromatic N) is 1. The van der Waals surface area contributed by atoms with Gasteiger partial charge in [-0.2, -0.15) is 0 Å². The molecule has 118 valence electrons. The van der Waals surface area contributed by atoms with Gasteiger partial charge in [-0.25, -0.2) is 0 Å². The first-order valence-corrected chi connectivity index (χ1v) is 8.25. The van der Waals surface area contributed by atoms with Gasteiger partial charge in [0, 0.05) is 11.6 Å². The fourth-order valence-corrected chi connectivity index (χ4v) is 2.82. The fourth-order valence-electron chi connectivity index (χ4n) is 2.82. The third-order valence-electron chi connectivity index (χ3n) is 4.22. The molecule has 0 fully saturated rings. The summed E-state index contributed by atoms with van der Waals surface area (Å²) >= 11 is 0. The molecule has 0 radical (unpaired) electrons. The number of Topliss-reactive ketones (excluding diaryl/α,β-unsaturated/α-hetero) is 1. The third kappa shape index (κ3) is 4.96. The molecule has 2 nitrogen and oxygen atoms in total. The lowest BCUT2D eigenvalue weighted by Gasteiger charge is -2.32. The summed E-state index contributed by atoms with van der Waals surface area (Å²) in [5.41, 5.74) is 3.11. The van der Waals surface area contributed by atoms with Gasteiger partial charge in [0.15, 0.2) is 5.78 Å². The molecule has 0 bridgehead atoms. The molecule has 1 rings (SSSR count). The summed E-state index contributed by atoms with van der Waals surface area (Å²) in [6, 6.07) is 6.48. The molecule has 1 aromatic rings. The van der Waals surface area contributed by atoms with E-state index in [9.17, 15) is 4.79 Å². The summed E-state index contributed by atoms with van der Waals surface area (Å²) in [4.78, 5) is 15.2. The molecule has 0 amide bonds. The van der Waals surface area contributed by atoms with Crippen molar-refractivity contribution >= 4 is 5.78 Å². The van der Waals surface area contributed by atoms with E-state index in [4.69, 9.17) is 0 Å². The summed E-state index contributed by atoms with van der Waals surface area (Å²) in [7, 11) is 0. The minimum absolute atomic E-state index is 0.0534. The number of hydrogen-bond donors (Lipinski definition) is 0. The number of carbonyl (C=O) groups is 1. The highest BCUT2D eigenvalue weighted by Gasteiger charge is 2.25. The molecule has 1 unspecified atom stereocenters. The van der Waals surface area contributed by atoms with Gasteiger partial charge in [-0.1, -0.05) is 37.5 Å². The Balaban J connectivity index is 2.89. The Bertz CT molecular complexity index is 465. The van der Waals surface area contributed by atoms with Crippen molar-refractivity contribution in [3.8, 4) is 0 Å². The number of benzene rings is 1. The van der Waals surface area contributed by atoms with E-state index in [0.29, 0.717) is 6.04 Å². The summed E-state index contributed by atoms with van der Waals surface area (Å²) in [6.07, 6.45) is 3.61. The maximum absolute atomic E-state index is 12.9. The van der Waals surface area contributed by atoms with Crippen molar-refractivity contribution in [2.75, 3.05) is 6.54 Å². The Morgan fingerprint density at radius 3 is 2.38 bits per heavy atom. The van der Waals surface area contributed by atoms with Gasteiger partial charge in [0.1, 0.15) is 0 Å². The zero-order valence-electron chi connectivity index (χ0n) is 14.6. The van der Waals surface area contributed by atoms with Crippen molar-refractivity contribution in [2.24, 2.45) is 0 Å². The van der Waals surface area contributed by atoms with Crippen LogP contribution in [0, 0.1) is 13.8 Å². The van der Waals surface area contributed by atoms with Crippen molar-refractivity contribution in [1.29, 1.82) is 0 Å². The van der Waals surface area contributed by atoms with Crippen LogP contribution in [-0.2, 0) is 0 Å². The quantitative estimate of drug-likeness (QED) is 0.507. The van der Waals surface area contributed by atoms with Crippen LogP contribution in [0.5, 0.6) is 0 Å². The first kappa shape index (κ1) is 17.9. The van der Waals surface area contributed by atoms with E-state index < -0.39 is 0 Å². The number of ketones is 1. The first-order chi connectivity index (χ1) is 9.88. The predicted molar refractivity (Wildman–Crippen MR) is 91.1 cm³/mol. The van der Waals surface area contributed by atoms with Gasteiger partial charge in [-0.3, -0.25) is 9.69 Å². The van der Waals surface area contributed by atoms with Gasteiger partial charge in [-0.15, -0.1) is 0 Å². The Morgan fingerprint density at radius 1 is 1.14 bits per heavy atom. The zero-order valence-corrected chi connectivity index (χ0v) is 14.6. The Kier molecular flexibility index (Phi) is 7.10. The average molecular weight is 289 g/mol. The van der Waals surface area contributed by atoms with Gasteiger partial charge in [0.25, 0.3) is 0 Å². The number of unbranched alkanes of at least 4 members (excludes halogenated alkanes) is 2. The molecule has 1 atom stereocenters. The molecular formula is C19H31NO. The van der Waals surface area contributed by atoms with E-state index >= 15 is 0 Å². The predicted octanol–water partition coefficient (Wildman–Crippen LogP) is 4.78. The van der Waals surface area contributed by atoms with Crippen LogP contribution < -0.4 is 0 Å². The Labute approximate surface area is 130 Å². The summed E-state index contributed by atoms with van der Waals surface area (Å²) < 4.78 is 0. The highest BCUT2D eigenvalue weighted by atomic mass is 16.1. The van der Waals surface area contributed by atoms with Crippen molar-refractivity contribution < 1.29 is 4.79 Å². The third-order valence-corrected chi connectivity index (χ3v) is 4.22. The molecule has 1 aromatic carbocycles. The van der Waals surface area contributed by atoms with E-state index in [1.807, 2.05) is 26.0 Å². The SMILES string of the molecule is CCCCCN(C(C)C)C(C)C(=O)c1cc(C)ccc1C. The molecule has 0 heterocycles. The molecule has 21 heavy (non-hydrogen) atoms. The highest BCUT2D eigenvalue weighted by Crippen LogP contribution is 2.17. The molecule has 0 saturated heterocycles. The number of hydrogen-bond acceptors (Lipinski definition) is 2. The van der Waals surface area contributed by atoms with Crippen molar-refractivity contribution in [3.05, 3.63) is 34.9 Å². The lowest BCUT2D eigenvalue weighted by molar-refractivity contribution is 0.0784. The number of aryl methyl sites for hydroxylation is 2. The minimum Gasteiger partial charge on any atom is -0.292 e. The van der Waals surface area contributed by atoms with Crippen LogP contribution in [0.3, 0.4) is 0 Å². The van der Waals surface area contributed by atoms with Crippen LogP contribution in [0.25, 0.3) is 0 Å². The molecule has 0 aliphatic carbocycles. The minimum atomic E-state index is -0.0534. The van der Waals surface area contributed by atoms with Gasteiger partial charge >= 0.3 is 0 Å². The first-order valence-electron chi connectivity index (χ1n) is 8.25. The Hall–Kier alpha value is -1.15. The standard InChI is InChI=1S/C19H31NO/c1-7-8-9-12-20(14(2)3)17(6)19(21)18-13-15(4)10-11-16(18)5/h10-11,13-14,17H,7-9,12H2,1-6H3. The monoisotopic (exact) mass is 289 g/mol. The smallest absolute Gasteiger partial charge is 0.179 e. The summed E-state index contributed by atoms with van der Waals surface area (Å²) in [5, 5.41) is 0. The normalized spacial score (nSPS) is 13.0. The summed E-state index contributed by atoms with van der Waals surface area (Å²) in [6.45, 7) is 13.7. The van der Waals surface area contributed by atoms with Crippen molar-refractivity contribution in [3.63, 3.8) is 0 Å². The van der Waals surface area contributed by atoms with E-state index in [2.05, 4.69) is 38.7 Å². The molecular weight excluding hydrogens is 258 g/mol. The lowest BCUT2D eigenvalue weighted by Crippen LogP contribution is -2.44. The van der Waals surface area contributed by atoms with E-state index in [1.54, 1.807) is 0 Å². The number of rotatable bonds is 8. The highest BCUT2D eigenvalue weighted by molar-refractivity contribution is 6.01. The lowest BCUT2D eigenvalue weighted by atomic mass is 9.96. The second kappa shape index (κ2) is 8.33. The topological polar surface area (TPSA) is 20.3 Å². The largest absolute Gasteiger partial charge is 0.292 e. The van der Waals surface area contributed by atoms with Gasteiger partial charge in [0.05, 0.1) is 6.04 Å². The van der Waals surface area contributed by atoms with Crippen LogP contribution >= 0.6 is 0 Å². The maximum Gasteiger partial charge on any atom is 0.179 e. The van der Waals surface area contributed by atoms with Crippen molar-refractivity contribution in [2.45, 2.75) is 72.9 Å². The molecule has 0 aliphatic heterocycles. The van der Waals surface area contributed by atoms with Crippen LogP contribution in [-0.4, -0.2) is 29.3 Å². The van der Waals surface area contributed by atoms with E-state index in [-0.39, 0.29) is 11.8 Å². The maximum atomic E-state index is 12.9. The zero-order chi connectivity index (χ0) is 16.0. The van der Waals surface area contributed by atoms with Crippen LogP contribution in [0.4, 0.5) is 0 Å². The van der Waals surface area contributed by atoms with E-state index in [0.717, 1.165) is 23.2 Å². The van der Waals surface area contributed by atoms with Gasteiger partial charge < -0.3 is 0 Å². The second-order valence-corrected chi connectivity index (χ2v) is 6.40. The molecule has 2 heteroatoms. The molecule has 0 spiro atoms. The van der Waals surface area contributed by atoms with Crippen LogP contribution in [0.15, 0.2) is 18.2 Å². The number of carbonyl (C=O) groups excluding carboxylic acids is 1. The van der Waals surface area contributed by atoms with Gasteiger partial charge in [-0.05, 0) is 59.2 Å². The molecule has 0 saturated carbocycles. The second-order valence-electron chi connectivity index (χ2n) is 6.40. The average Bonchev–Trinajstić information content (AvgIpc) is 2.44. The molecule has 0 aromatic heterocycles. The fraction of sp³-hybridized carbons (Fsp3) is 0.632. The molecule has 0 aliphatic rings. The summed E-state index contributed by atoms with van der Waals surface area (Å²) in [5.74, 6) is 0.251.